The van der Waals surface area contributed by atoms with Crippen LogP contribution in [0.3, 0.4) is 0 Å². The quantitative estimate of drug-likeness (QED) is 0.249. The van der Waals surface area contributed by atoms with E-state index in [1.54, 1.807) is 6.20 Å². The lowest BCUT2D eigenvalue weighted by atomic mass is 10.2. The number of anilines is 2. The van der Waals surface area contributed by atoms with Crippen molar-refractivity contribution in [3.8, 4) is 23.0 Å². The molecule has 37 heavy (non-hydrogen) atoms. The number of para-hydroxylation sites is 1. The fourth-order valence-electron chi connectivity index (χ4n) is 3.64. The summed E-state index contributed by atoms with van der Waals surface area (Å²) in [5, 5.41) is 7.21. The topological polar surface area (TPSA) is 119 Å². The molecule has 0 aliphatic heterocycles. The zero-order valence-electron chi connectivity index (χ0n) is 20.1. The van der Waals surface area contributed by atoms with Gasteiger partial charge >= 0.3 is 0 Å². The maximum atomic E-state index is 11.3. The lowest BCUT2D eigenvalue weighted by molar-refractivity contribution is 0.483. The smallest absolute Gasteiger partial charge is 0.152 e. The number of sulfone groups is 1. The molecule has 0 amide bonds. The van der Waals surface area contributed by atoms with Gasteiger partial charge in [0.25, 0.3) is 0 Å². The van der Waals surface area contributed by atoms with Crippen LogP contribution in [0.5, 0.6) is 11.5 Å². The van der Waals surface area contributed by atoms with Crippen molar-refractivity contribution in [3.05, 3.63) is 91.1 Å². The molecule has 2 aromatic carbocycles. The number of nitrogens with zero attached hydrogens (tertiary/aromatic N) is 3. The number of pyridine rings is 1. The third kappa shape index (κ3) is 6.49. The highest BCUT2D eigenvalue weighted by Gasteiger charge is 2.11. The van der Waals surface area contributed by atoms with Crippen molar-refractivity contribution in [2.75, 3.05) is 23.9 Å². The van der Waals surface area contributed by atoms with E-state index in [1.807, 2.05) is 72.8 Å². The molecule has 0 unspecified atom stereocenters. The number of benzene rings is 2. The van der Waals surface area contributed by atoms with Crippen molar-refractivity contribution in [1.82, 2.24) is 20.3 Å². The third-order valence-corrected chi connectivity index (χ3v) is 6.43. The first-order chi connectivity index (χ1) is 17.9. The predicted molar refractivity (Wildman–Crippen MR) is 143 cm³/mol. The maximum Gasteiger partial charge on any atom is 0.152 e. The molecule has 0 aliphatic rings. The van der Waals surface area contributed by atoms with Crippen LogP contribution in [0.2, 0.25) is 0 Å². The Balaban J connectivity index is 1.30. The molecule has 0 bridgehead atoms. The summed E-state index contributed by atoms with van der Waals surface area (Å²) in [6.07, 6.45) is 4.39. The summed E-state index contributed by atoms with van der Waals surface area (Å²) in [5.41, 5.74) is 2.18. The normalized spacial score (nSPS) is 11.5. The van der Waals surface area contributed by atoms with Gasteiger partial charge in [-0.3, -0.25) is 4.98 Å². The minimum atomic E-state index is -3.01. The number of hydrogen-bond acceptors (Lipinski definition) is 9. The van der Waals surface area contributed by atoms with Gasteiger partial charge in [0.2, 0.25) is 0 Å². The molecule has 10 heteroatoms. The number of rotatable bonds is 10. The number of nitrogens with one attached hydrogen (secondary N) is 2. The standard InChI is InChI=1S/C27H25N5O4S/c1-37(33,34)14-13-28-16-22-11-12-26(36-22)24-15-23-25(17-29-24)30-18-31-27(23)32-19-7-9-21(10-8-19)35-20-5-3-2-4-6-20/h2-12,15,17-18,28H,13-14,16H2,1H3,(H,30,31,32). The fourth-order valence-corrected chi connectivity index (χ4v) is 4.16. The van der Waals surface area contributed by atoms with E-state index in [1.165, 1.54) is 12.6 Å². The van der Waals surface area contributed by atoms with Crippen molar-refractivity contribution >= 4 is 32.2 Å². The number of hydrogen-bond donors (Lipinski definition) is 2. The van der Waals surface area contributed by atoms with Crippen molar-refractivity contribution in [2.45, 2.75) is 6.54 Å². The first-order valence-electron chi connectivity index (χ1n) is 11.6. The van der Waals surface area contributed by atoms with E-state index < -0.39 is 9.84 Å². The van der Waals surface area contributed by atoms with E-state index in [0.29, 0.717) is 41.6 Å². The first-order valence-corrected chi connectivity index (χ1v) is 13.7. The van der Waals surface area contributed by atoms with Crippen LogP contribution in [-0.2, 0) is 16.4 Å². The highest BCUT2D eigenvalue weighted by molar-refractivity contribution is 7.90. The van der Waals surface area contributed by atoms with Crippen molar-refractivity contribution in [3.63, 3.8) is 0 Å². The van der Waals surface area contributed by atoms with E-state index in [2.05, 4.69) is 25.6 Å². The van der Waals surface area contributed by atoms with Crippen molar-refractivity contribution in [2.24, 2.45) is 0 Å². The van der Waals surface area contributed by atoms with Crippen LogP contribution in [0.1, 0.15) is 5.76 Å². The third-order valence-electron chi connectivity index (χ3n) is 5.48. The van der Waals surface area contributed by atoms with Gasteiger partial charge in [0.1, 0.15) is 44.9 Å². The van der Waals surface area contributed by atoms with E-state index >= 15 is 0 Å². The zero-order valence-corrected chi connectivity index (χ0v) is 20.9. The van der Waals surface area contributed by atoms with Crippen molar-refractivity contribution in [1.29, 1.82) is 0 Å². The predicted octanol–water partition coefficient (Wildman–Crippen LogP) is 4.95. The SMILES string of the molecule is CS(=O)(=O)CCNCc1ccc(-c2cc3c(Nc4ccc(Oc5ccccc5)cc4)ncnc3cn2)o1. The van der Waals surface area contributed by atoms with Gasteiger partial charge in [-0.25, -0.2) is 18.4 Å². The minimum absolute atomic E-state index is 0.0748. The highest BCUT2D eigenvalue weighted by atomic mass is 32.2. The van der Waals surface area contributed by atoms with Crippen LogP contribution in [0.25, 0.3) is 22.4 Å². The molecule has 9 nitrogen and oxygen atoms in total. The lowest BCUT2D eigenvalue weighted by Gasteiger charge is -2.10. The Morgan fingerprint density at radius 2 is 1.70 bits per heavy atom. The van der Waals surface area contributed by atoms with E-state index in [-0.39, 0.29) is 5.75 Å². The molecule has 0 spiro atoms. The number of furan rings is 1. The summed E-state index contributed by atoms with van der Waals surface area (Å²) < 4.78 is 34.3. The van der Waals surface area contributed by atoms with Gasteiger partial charge in [-0.05, 0) is 54.6 Å². The van der Waals surface area contributed by atoms with Gasteiger partial charge < -0.3 is 19.8 Å². The molecule has 3 aromatic heterocycles. The Morgan fingerprint density at radius 3 is 2.49 bits per heavy atom. The van der Waals surface area contributed by atoms with Crippen LogP contribution in [0.4, 0.5) is 11.5 Å². The molecule has 5 rings (SSSR count). The van der Waals surface area contributed by atoms with Gasteiger partial charge in [-0.1, -0.05) is 18.2 Å². The van der Waals surface area contributed by atoms with Crippen LogP contribution in [0, 0.1) is 0 Å². The Hall–Kier alpha value is -4.28. The summed E-state index contributed by atoms with van der Waals surface area (Å²) in [6.45, 7) is 0.776. The summed E-state index contributed by atoms with van der Waals surface area (Å²) in [6, 6.07) is 22.8. The van der Waals surface area contributed by atoms with Gasteiger partial charge in [-0.15, -0.1) is 0 Å². The van der Waals surface area contributed by atoms with Crippen LogP contribution in [0.15, 0.2) is 89.7 Å². The molecule has 0 radical (unpaired) electrons. The monoisotopic (exact) mass is 515 g/mol. The van der Waals surface area contributed by atoms with Crippen LogP contribution < -0.4 is 15.4 Å². The maximum absolute atomic E-state index is 11.3. The molecule has 0 saturated heterocycles. The van der Waals surface area contributed by atoms with E-state index in [4.69, 9.17) is 9.15 Å². The number of ether oxygens (including phenoxy) is 1. The molecule has 0 aliphatic carbocycles. The Morgan fingerprint density at radius 1 is 0.919 bits per heavy atom. The summed E-state index contributed by atoms with van der Waals surface area (Å²) in [5.74, 6) is 3.50. The molecule has 0 saturated carbocycles. The number of aromatic nitrogens is 3. The lowest BCUT2D eigenvalue weighted by Crippen LogP contribution is -2.21. The van der Waals surface area contributed by atoms with Gasteiger partial charge in [-0.2, -0.15) is 0 Å². The second kappa shape index (κ2) is 10.8. The second-order valence-corrected chi connectivity index (χ2v) is 10.7. The molecule has 0 fully saturated rings. The molecular weight excluding hydrogens is 490 g/mol. The molecule has 2 N–H and O–H groups in total. The summed E-state index contributed by atoms with van der Waals surface area (Å²) >= 11 is 0. The Labute approximate surface area is 214 Å². The zero-order chi connectivity index (χ0) is 25.7. The molecule has 0 atom stereocenters. The summed E-state index contributed by atoms with van der Waals surface area (Å²) in [7, 11) is -3.01. The Bertz CT molecular complexity index is 1600. The fraction of sp³-hybridized carbons (Fsp3) is 0.148. The number of fused-ring (bicyclic) bond motifs is 1. The van der Waals surface area contributed by atoms with E-state index in [9.17, 15) is 8.42 Å². The Kier molecular flexibility index (Phi) is 7.11. The largest absolute Gasteiger partial charge is 0.458 e. The minimum Gasteiger partial charge on any atom is -0.458 e. The van der Waals surface area contributed by atoms with Crippen molar-refractivity contribution < 1.29 is 17.6 Å². The van der Waals surface area contributed by atoms with Gasteiger partial charge in [0.05, 0.1) is 24.0 Å². The molecule has 5 aromatic rings. The van der Waals surface area contributed by atoms with Crippen LogP contribution in [-0.4, -0.2) is 41.9 Å². The van der Waals surface area contributed by atoms with Gasteiger partial charge in [0.15, 0.2) is 5.76 Å². The highest BCUT2D eigenvalue weighted by Crippen LogP contribution is 2.29. The second-order valence-electron chi connectivity index (χ2n) is 8.45. The average Bonchev–Trinajstić information content (AvgIpc) is 3.37. The summed E-state index contributed by atoms with van der Waals surface area (Å²) in [4.78, 5) is 13.3. The van der Waals surface area contributed by atoms with Gasteiger partial charge in [0, 0.05) is 23.9 Å². The average molecular weight is 516 g/mol. The molecule has 188 valence electrons. The first kappa shape index (κ1) is 24.4. The van der Waals surface area contributed by atoms with E-state index in [0.717, 1.165) is 22.6 Å². The molecular formula is C27H25N5O4S. The molecule has 3 heterocycles. The van der Waals surface area contributed by atoms with Crippen LogP contribution >= 0.6 is 0 Å².